The predicted molar refractivity (Wildman–Crippen MR) is 111 cm³/mol. The van der Waals surface area contributed by atoms with Gasteiger partial charge >= 0.3 is 0 Å². The summed E-state index contributed by atoms with van der Waals surface area (Å²) >= 11 is 2.24. The van der Waals surface area contributed by atoms with E-state index in [1.165, 1.54) is 5.56 Å². The van der Waals surface area contributed by atoms with Gasteiger partial charge in [0.2, 0.25) is 5.91 Å². The second-order valence-corrected chi connectivity index (χ2v) is 7.73. The van der Waals surface area contributed by atoms with Crippen LogP contribution in [0.5, 0.6) is 5.75 Å². The number of benzene rings is 2. The Morgan fingerprint density at radius 1 is 1.27 bits per heavy atom. The van der Waals surface area contributed by atoms with Crippen molar-refractivity contribution >= 4 is 45.1 Å². The van der Waals surface area contributed by atoms with E-state index in [1.54, 1.807) is 12.0 Å². The highest BCUT2D eigenvalue weighted by Crippen LogP contribution is 2.36. The van der Waals surface area contributed by atoms with E-state index >= 15 is 0 Å². The molecule has 0 radical (unpaired) electrons. The minimum absolute atomic E-state index is 0.151. The monoisotopic (exact) mass is 461 g/mol. The Hall–Kier alpha value is -2.09. The number of H-pyrrole nitrogens is 1. The van der Waals surface area contributed by atoms with Crippen molar-refractivity contribution < 1.29 is 9.53 Å². The number of rotatable bonds is 2. The molecule has 0 aliphatic carbocycles. The van der Waals surface area contributed by atoms with Crippen LogP contribution in [-0.2, 0) is 11.2 Å². The maximum atomic E-state index is 12.6. The van der Waals surface area contributed by atoms with E-state index in [9.17, 15) is 4.79 Å². The summed E-state index contributed by atoms with van der Waals surface area (Å²) in [4.78, 5) is 14.3. The van der Waals surface area contributed by atoms with Gasteiger partial charge in [0.25, 0.3) is 0 Å². The summed E-state index contributed by atoms with van der Waals surface area (Å²) in [6.07, 6.45) is 2.25. The SMILES string of the molecule is COc1ccc2c(c1)C[C@H](c1ccc3c(I)n[nH]c3c1)CCC(=O)N2C. The number of methoxy groups -OCH3 is 1. The lowest BCUT2D eigenvalue weighted by Crippen LogP contribution is -2.29. The second-order valence-electron chi connectivity index (χ2n) is 6.71. The van der Waals surface area contributed by atoms with E-state index in [0.717, 1.165) is 44.4 Å². The first-order valence-electron chi connectivity index (χ1n) is 8.64. The second kappa shape index (κ2) is 6.90. The maximum Gasteiger partial charge on any atom is 0.226 e. The van der Waals surface area contributed by atoms with Gasteiger partial charge in [0, 0.05) is 24.5 Å². The van der Waals surface area contributed by atoms with Gasteiger partial charge in [-0.25, -0.2) is 0 Å². The summed E-state index contributed by atoms with van der Waals surface area (Å²) in [6, 6.07) is 12.4. The van der Waals surface area contributed by atoms with Crippen molar-refractivity contribution in [2.75, 3.05) is 19.1 Å². The molecule has 1 aromatic heterocycles. The quantitative estimate of drug-likeness (QED) is 0.581. The molecule has 1 N–H and O–H groups in total. The van der Waals surface area contributed by atoms with E-state index in [4.69, 9.17) is 4.74 Å². The number of hydrogen-bond acceptors (Lipinski definition) is 3. The van der Waals surface area contributed by atoms with Crippen LogP contribution in [0.25, 0.3) is 10.9 Å². The van der Waals surface area contributed by atoms with E-state index in [2.05, 4.69) is 57.1 Å². The first kappa shape index (κ1) is 17.3. The number of nitrogens with one attached hydrogen (secondary N) is 1. The molecule has 26 heavy (non-hydrogen) atoms. The largest absolute Gasteiger partial charge is 0.497 e. The molecule has 1 aliphatic rings. The van der Waals surface area contributed by atoms with Gasteiger partial charge in [-0.05, 0) is 82.8 Å². The number of fused-ring (bicyclic) bond motifs is 2. The minimum atomic E-state index is 0.151. The molecule has 0 spiro atoms. The number of ether oxygens (including phenoxy) is 1. The average Bonchev–Trinajstić information content (AvgIpc) is 3.03. The van der Waals surface area contributed by atoms with Crippen LogP contribution in [0.1, 0.15) is 29.9 Å². The summed E-state index contributed by atoms with van der Waals surface area (Å²) in [5, 5.41) is 8.51. The summed E-state index contributed by atoms with van der Waals surface area (Å²) in [5.74, 6) is 1.25. The molecule has 2 aromatic carbocycles. The van der Waals surface area contributed by atoms with E-state index < -0.39 is 0 Å². The van der Waals surface area contributed by atoms with Crippen LogP contribution < -0.4 is 9.64 Å². The Kier molecular flexibility index (Phi) is 4.60. The van der Waals surface area contributed by atoms with Crippen molar-refractivity contribution in [2.24, 2.45) is 0 Å². The molecule has 134 valence electrons. The Balaban J connectivity index is 1.76. The smallest absolute Gasteiger partial charge is 0.226 e. The minimum Gasteiger partial charge on any atom is -0.497 e. The van der Waals surface area contributed by atoms with Gasteiger partial charge in [0.1, 0.15) is 9.45 Å². The fraction of sp³-hybridized carbons (Fsp3) is 0.300. The van der Waals surface area contributed by atoms with Gasteiger partial charge in [0.15, 0.2) is 0 Å². The molecular weight excluding hydrogens is 441 g/mol. The standard InChI is InChI=1S/C20H20IN3O2/c1-24-18-7-5-15(26-2)10-14(18)9-12(4-8-19(24)25)13-3-6-16-17(11-13)22-23-20(16)21/h3,5-7,10-12H,4,8-9H2,1-2H3,(H,22,23)/t12-/m1/s1. The van der Waals surface area contributed by atoms with E-state index in [0.29, 0.717) is 6.42 Å². The fourth-order valence-corrected chi connectivity index (χ4v) is 4.28. The summed E-state index contributed by atoms with van der Waals surface area (Å²) in [5.41, 5.74) is 4.40. The number of halogens is 1. The Morgan fingerprint density at radius 2 is 2.12 bits per heavy atom. The number of amides is 1. The summed E-state index contributed by atoms with van der Waals surface area (Å²) < 4.78 is 6.38. The number of aromatic amines is 1. The number of carbonyl (C=O) groups is 1. The first-order chi connectivity index (χ1) is 12.6. The Morgan fingerprint density at radius 3 is 2.92 bits per heavy atom. The molecular formula is C20H20IN3O2. The van der Waals surface area contributed by atoms with Crippen LogP contribution in [0.2, 0.25) is 0 Å². The molecule has 1 amide bonds. The first-order valence-corrected chi connectivity index (χ1v) is 9.71. The predicted octanol–water partition coefficient (Wildman–Crippen LogP) is 4.26. The molecule has 1 aliphatic heterocycles. The van der Waals surface area contributed by atoms with Crippen LogP contribution in [0, 0.1) is 3.70 Å². The van der Waals surface area contributed by atoms with Crippen LogP contribution in [0.4, 0.5) is 5.69 Å². The van der Waals surface area contributed by atoms with Crippen LogP contribution in [0.3, 0.4) is 0 Å². The molecule has 1 atom stereocenters. The number of hydrogen-bond donors (Lipinski definition) is 1. The topological polar surface area (TPSA) is 58.2 Å². The third-order valence-electron chi connectivity index (χ3n) is 5.21. The van der Waals surface area contributed by atoms with Crippen molar-refractivity contribution in [3.05, 3.63) is 51.2 Å². The number of aromatic nitrogens is 2. The molecule has 6 heteroatoms. The lowest BCUT2D eigenvalue weighted by Gasteiger charge is -2.28. The van der Waals surface area contributed by atoms with Gasteiger partial charge in [0.05, 0.1) is 12.6 Å². The molecule has 0 saturated carbocycles. The molecule has 3 aromatic rings. The molecule has 4 rings (SSSR count). The van der Waals surface area contributed by atoms with Crippen molar-refractivity contribution in [2.45, 2.75) is 25.2 Å². The highest BCUT2D eigenvalue weighted by atomic mass is 127. The van der Waals surface area contributed by atoms with Gasteiger partial charge in [-0.15, -0.1) is 0 Å². The molecule has 2 heterocycles. The molecule has 0 bridgehead atoms. The van der Waals surface area contributed by atoms with Gasteiger partial charge < -0.3 is 9.64 Å². The third kappa shape index (κ3) is 3.06. The van der Waals surface area contributed by atoms with Crippen LogP contribution in [0.15, 0.2) is 36.4 Å². The van der Waals surface area contributed by atoms with Crippen LogP contribution in [-0.4, -0.2) is 30.3 Å². The maximum absolute atomic E-state index is 12.6. The van der Waals surface area contributed by atoms with Crippen molar-refractivity contribution in [3.63, 3.8) is 0 Å². The number of carbonyl (C=O) groups excluding carboxylic acids is 1. The van der Waals surface area contributed by atoms with Crippen molar-refractivity contribution in [3.8, 4) is 5.75 Å². The highest BCUT2D eigenvalue weighted by Gasteiger charge is 2.24. The molecule has 5 nitrogen and oxygen atoms in total. The van der Waals surface area contributed by atoms with Crippen molar-refractivity contribution in [1.82, 2.24) is 10.2 Å². The zero-order valence-corrected chi connectivity index (χ0v) is 16.9. The molecule has 0 fully saturated rings. The normalized spacial score (nSPS) is 17.7. The lowest BCUT2D eigenvalue weighted by atomic mass is 9.85. The average molecular weight is 461 g/mol. The van der Waals surface area contributed by atoms with E-state index in [-0.39, 0.29) is 11.8 Å². The molecule has 0 unspecified atom stereocenters. The number of anilines is 1. The Bertz CT molecular complexity index is 982. The summed E-state index contributed by atoms with van der Waals surface area (Å²) in [6.45, 7) is 0. The zero-order chi connectivity index (χ0) is 18.3. The lowest BCUT2D eigenvalue weighted by molar-refractivity contribution is -0.118. The van der Waals surface area contributed by atoms with Gasteiger partial charge in [-0.2, -0.15) is 5.10 Å². The number of nitrogens with zero attached hydrogens (tertiary/aromatic N) is 2. The van der Waals surface area contributed by atoms with E-state index in [1.807, 2.05) is 19.2 Å². The third-order valence-corrected chi connectivity index (χ3v) is 6.03. The van der Waals surface area contributed by atoms with Gasteiger partial charge in [-0.3, -0.25) is 9.89 Å². The fourth-order valence-electron chi connectivity index (χ4n) is 3.69. The highest BCUT2D eigenvalue weighted by molar-refractivity contribution is 14.1. The van der Waals surface area contributed by atoms with Gasteiger partial charge in [-0.1, -0.05) is 6.07 Å². The Labute approximate surface area is 165 Å². The molecule has 0 saturated heterocycles. The van der Waals surface area contributed by atoms with Crippen molar-refractivity contribution in [1.29, 1.82) is 0 Å². The van der Waals surface area contributed by atoms with Crippen LogP contribution >= 0.6 is 22.6 Å². The summed E-state index contributed by atoms with van der Waals surface area (Å²) in [7, 11) is 3.53. The zero-order valence-electron chi connectivity index (χ0n) is 14.8.